The molecule has 0 aliphatic carbocycles. The Morgan fingerprint density at radius 3 is 2.79 bits per heavy atom. The van der Waals surface area contributed by atoms with Gasteiger partial charge < -0.3 is 5.73 Å². The van der Waals surface area contributed by atoms with E-state index in [1.54, 1.807) is 6.07 Å². The van der Waals surface area contributed by atoms with E-state index in [-0.39, 0.29) is 16.8 Å². The molecule has 19 heavy (non-hydrogen) atoms. The van der Waals surface area contributed by atoms with Gasteiger partial charge in [0.1, 0.15) is 10.7 Å². The monoisotopic (exact) mass is 284 g/mol. The maximum atomic E-state index is 12.1. The molecule has 0 aromatic carbocycles. The van der Waals surface area contributed by atoms with Gasteiger partial charge in [-0.05, 0) is 45.0 Å². The van der Waals surface area contributed by atoms with Gasteiger partial charge in [-0.25, -0.2) is 18.1 Å². The van der Waals surface area contributed by atoms with Gasteiger partial charge in [-0.15, -0.1) is 0 Å². The van der Waals surface area contributed by atoms with E-state index in [4.69, 9.17) is 5.73 Å². The molecule has 1 aromatic rings. The van der Waals surface area contributed by atoms with Crippen molar-refractivity contribution in [2.24, 2.45) is 0 Å². The normalized spacial score (nSPS) is 18.6. The fourth-order valence-electron chi connectivity index (χ4n) is 2.25. The Hall–Kier alpha value is -1.18. The molecule has 1 aliphatic rings. The molecule has 0 bridgehead atoms. The van der Waals surface area contributed by atoms with Gasteiger partial charge in [0.2, 0.25) is 10.0 Å². The zero-order valence-corrected chi connectivity index (χ0v) is 11.9. The second-order valence-electron chi connectivity index (χ2n) is 4.83. The predicted molar refractivity (Wildman–Crippen MR) is 74.1 cm³/mol. The highest BCUT2D eigenvalue weighted by atomic mass is 32.2. The van der Waals surface area contributed by atoms with Crippen molar-refractivity contribution >= 4 is 15.8 Å². The van der Waals surface area contributed by atoms with Crippen LogP contribution in [-0.2, 0) is 10.0 Å². The number of aromatic nitrogens is 1. The third-order valence-electron chi connectivity index (χ3n) is 3.42. The van der Waals surface area contributed by atoms with Crippen molar-refractivity contribution < 1.29 is 8.42 Å². The lowest BCUT2D eigenvalue weighted by atomic mass is 10.3. The summed E-state index contributed by atoms with van der Waals surface area (Å²) in [5, 5.41) is 0. The molecule has 106 valence electrons. The Bertz CT molecular complexity index is 526. The molecule has 2 heterocycles. The molecule has 1 aromatic heterocycles. The molecule has 0 saturated carbocycles. The van der Waals surface area contributed by atoms with Crippen LogP contribution < -0.4 is 10.5 Å². The van der Waals surface area contributed by atoms with Crippen molar-refractivity contribution in [3.63, 3.8) is 0 Å². The highest BCUT2D eigenvalue weighted by molar-refractivity contribution is 7.89. The molecule has 1 saturated heterocycles. The lowest BCUT2D eigenvalue weighted by Crippen LogP contribution is -2.40. The van der Waals surface area contributed by atoms with Crippen LogP contribution in [-0.4, -0.2) is 44.0 Å². The van der Waals surface area contributed by atoms with Crippen LogP contribution in [0.25, 0.3) is 0 Å². The zero-order valence-electron chi connectivity index (χ0n) is 11.0. The quantitative estimate of drug-likeness (QED) is 0.818. The molecule has 1 fully saturated rings. The van der Waals surface area contributed by atoms with Crippen LogP contribution in [0, 0.1) is 0 Å². The zero-order chi connectivity index (χ0) is 13.9. The molecular formula is C12H20N4O2S. The highest BCUT2D eigenvalue weighted by Crippen LogP contribution is 2.15. The van der Waals surface area contributed by atoms with E-state index >= 15 is 0 Å². The number of nitrogens with two attached hydrogens (primary N) is 1. The summed E-state index contributed by atoms with van der Waals surface area (Å²) in [5.74, 6) is 0.0313. The van der Waals surface area contributed by atoms with Gasteiger partial charge in [0.15, 0.2) is 0 Å². The number of sulfonamides is 1. The van der Waals surface area contributed by atoms with Crippen LogP contribution >= 0.6 is 0 Å². The molecule has 0 radical (unpaired) electrons. The lowest BCUT2D eigenvalue weighted by Gasteiger charge is -2.23. The van der Waals surface area contributed by atoms with E-state index in [1.807, 2.05) is 6.92 Å². The van der Waals surface area contributed by atoms with Gasteiger partial charge in [-0.1, -0.05) is 0 Å². The third-order valence-corrected chi connectivity index (χ3v) is 4.89. The van der Waals surface area contributed by atoms with E-state index in [0.29, 0.717) is 6.54 Å². The number of nitrogens with one attached hydrogen (secondary N) is 1. The summed E-state index contributed by atoms with van der Waals surface area (Å²) in [6, 6.07) is 3.22. The molecule has 1 atom stereocenters. The van der Waals surface area contributed by atoms with Gasteiger partial charge >= 0.3 is 0 Å². The molecule has 6 nitrogen and oxygen atoms in total. The second kappa shape index (κ2) is 5.85. The number of hydrogen-bond donors (Lipinski definition) is 2. The largest absolute Gasteiger partial charge is 0.383 e. The highest BCUT2D eigenvalue weighted by Gasteiger charge is 2.22. The van der Waals surface area contributed by atoms with Gasteiger partial charge in [0.25, 0.3) is 0 Å². The number of hydrogen-bond acceptors (Lipinski definition) is 5. The average Bonchev–Trinajstić information content (AvgIpc) is 2.90. The standard InChI is InChI=1S/C12H20N4O2S/c1-10(16-7-2-3-8-16)9-15-19(17,18)11-5-4-6-14-12(11)13/h4-6,10,15H,2-3,7-9H2,1H3,(H2,13,14). The van der Waals surface area contributed by atoms with Gasteiger partial charge in [-0.3, -0.25) is 4.90 Å². The molecule has 1 aliphatic heterocycles. The van der Waals surface area contributed by atoms with Crippen LogP contribution in [0.2, 0.25) is 0 Å². The van der Waals surface area contributed by atoms with E-state index in [0.717, 1.165) is 13.1 Å². The van der Waals surface area contributed by atoms with Crippen molar-refractivity contribution in [3.05, 3.63) is 18.3 Å². The average molecular weight is 284 g/mol. The summed E-state index contributed by atoms with van der Waals surface area (Å²) in [7, 11) is -3.58. The van der Waals surface area contributed by atoms with E-state index in [2.05, 4.69) is 14.6 Å². The van der Waals surface area contributed by atoms with Crippen molar-refractivity contribution in [2.45, 2.75) is 30.7 Å². The van der Waals surface area contributed by atoms with Crippen molar-refractivity contribution in [1.29, 1.82) is 0 Å². The lowest BCUT2D eigenvalue weighted by molar-refractivity contribution is 0.260. The van der Waals surface area contributed by atoms with Crippen molar-refractivity contribution in [3.8, 4) is 0 Å². The summed E-state index contributed by atoms with van der Waals surface area (Å²) in [6.07, 6.45) is 3.85. The van der Waals surface area contributed by atoms with E-state index in [1.165, 1.54) is 25.1 Å². The smallest absolute Gasteiger partial charge is 0.244 e. The first-order valence-corrected chi connectivity index (χ1v) is 7.93. The predicted octanol–water partition coefficient (Wildman–Crippen LogP) is 0.426. The summed E-state index contributed by atoms with van der Waals surface area (Å²) in [5.41, 5.74) is 5.59. The first kappa shape index (κ1) is 14.2. The van der Waals surface area contributed by atoms with E-state index < -0.39 is 10.0 Å². The van der Waals surface area contributed by atoms with Gasteiger partial charge in [0.05, 0.1) is 0 Å². The SMILES string of the molecule is CC(CNS(=O)(=O)c1cccnc1N)N1CCCC1. The van der Waals surface area contributed by atoms with Crippen LogP contribution in [0.3, 0.4) is 0 Å². The molecule has 0 spiro atoms. The molecular weight excluding hydrogens is 264 g/mol. The molecule has 7 heteroatoms. The fraction of sp³-hybridized carbons (Fsp3) is 0.583. The summed E-state index contributed by atoms with van der Waals surface area (Å²) < 4.78 is 26.8. The number of pyridine rings is 1. The Labute approximate surface area is 114 Å². The van der Waals surface area contributed by atoms with Crippen LogP contribution in [0.15, 0.2) is 23.2 Å². The first-order valence-electron chi connectivity index (χ1n) is 6.45. The second-order valence-corrected chi connectivity index (χ2v) is 6.57. The van der Waals surface area contributed by atoms with Crippen molar-refractivity contribution in [2.75, 3.05) is 25.4 Å². The van der Waals surface area contributed by atoms with Crippen LogP contribution in [0.5, 0.6) is 0 Å². The number of anilines is 1. The molecule has 1 unspecified atom stereocenters. The minimum absolute atomic E-state index is 0.0313. The Balaban J connectivity index is 2.00. The summed E-state index contributed by atoms with van der Waals surface area (Å²) in [6.45, 7) is 4.49. The number of rotatable bonds is 5. The minimum Gasteiger partial charge on any atom is -0.383 e. The minimum atomic E-state index is -3.58. The molecule has 2 rings (SSSR count). The number of likely N-dealkylation sites (tertiary alicyclic amines) is 1. The third kappa shape index (κ3) is 3.43. The molecule has 0 amide bonds. The van der Waals surface area contributed by atoms with Gasteiger partial charge in [-0.2, -0.15) is 0 Å². The first-order chi connectivity index (χ1) is 9.00. The Kier molecular flexibility index (Phi) is 4.38. The van der Waals surface area contributed by atoms with Crippen LogP contribution in [0.1, 0.15) is 19.8 Å². The topological polar surface area (TPSA) is 88.3 Å². The van der Waals surface area contributed by atoms with Crippen LogP contribution in [0.4, 0.5) is 5.82 Å². The summed E-state index contributed by atoms with van der Waals surface area (Å²) >= 11 is 0. The Morgan fingerprint density at radius 1 is 1.47 bits per heavy atom. The van der Waals surface area contributed by atoms with Gasteiger partial charge in [0, 0.05) is 18.8 Å². The number of nitrogens with zero attached hydrogens (tertiary/aromatic N) is 2. The molecule has 3 N–H and O–H groups in total. The fourth-order valence-corrected chi connectivity index (χ4v) is 3.45. The maximum Gasteiger partial charge on any atom is 0.244 e. The Morgan fingerprint density at radius 2 is 2.16 bits per heavy atom. The number of nitrogen functional groups attached to an aromatic ring is 1. The summed E-state index contributed by atoms with van der Waals surface area (Å²) in [4.78, 5) is 6.13. The van der Waals surface area contributed by atoms with Crippen molar-refractivity contribution in [1.82, 2.24) is 14.6 Å². The maximum absolute atomic E-state index is 12.1. The van der Waals surface area contributed by atoms with E-state index in [9.17, 15) is 8.42 Å².